The monoisotopic (exact) mass is 318 g/mol. The highest BCUT2D eigenvalue weighted by atomic mass is 32.1. The van der Waals surface area contributed by atoms with Crippen LogP contribution in [0.15, 0.2) is 35.8 Å². The number of anilines is 1. The highest BCUT2D eigenvalue weighted by molar-refractivity contribution is 7.13. The number of aromatic nitrogens is 1. The first kappa shape index (κ1) is 14.7. The van der Waals surface area contributed by atoms with Gasteiger partial charge >= 0.3 is 5.97 Å². The molecule has 3 rings (SSSR count). The van der Waals surface area contributed by atoms with E-state index >= 15 is 0 Å². The SMILES string of the molecule is O=C(Nc1ccc(-c2nccs2)cc1)[C@@H]1CC[C@H](C(=O)O)O1. The molecule has 1 aromatic carbocycles. The molecule has 6 nitrogen and oxygen atoms in total. The lowest BCUT2D eigenvalue weighted by molar-refractivity contribution is -0.150. The molecule has 0 saturated carbocycles. The number of carbonyl (C=O) groups is 2. The fourth-order valence-corrected chi connectivity index (χ4v) is 2.94. The minimum Gasteiger partial charge on any atom is -0.479 e. The average molecular weight is 318 g/mol. The molecule has 7 heteroatoms. The van der Waals surface area contributed by atoms with Gasteiger partial charge in [0.25, 0.3) is 5.91 Å². The van der Waals surface area contributed by atoms with E-state index in [1.807, 2.05) is 17.5 Å². The second-order valence-electron chi connectivity index (χ2n) is 4.93. The summed E-state index contributed by atoms with van der Waals surface area (Å²) in [5.41, 5.74) is 1.63. The lowest BCUT2D eigenvalue weighted by atomic mass is 10.1. The lowest BCUT2D eigenvalue weighted by Gasteiger charge is -2.12. The van der Waals surface area contributed by atoms with Crippen molar-refractivity contribution in [1.82, 2.24) is 4.98 Å². The van der Waals surface area contributed by atoms with Crippen LogP contribution in [-0.4, -0.2) is 34.2 Å². The Hall–Kier alpha value is -2.25. The zero-order valence-corrected chi connectivity index (χ0v) is 12.4. The van der Waals surface area contributed by atoms with Crippen LogP contribution in [0.2, 0.25) is 0 Å². The Morgan fingerprint density at radius 2 is 1.95 bits per heavy atom. The Morgan fingerprint density at radius 1 is 1.23 bits per heavy atom. The van der Waals surface area contributed by atoms with E-state index in [2.05, 4.69) is 10.3 Å². The van der Waals surface area contributed by atoms with Crippen LogP contribution in [0.5, 0.6) is 0 Å². The van der Waals surface area contributed by atoms with Crippen molar-refractivity contribution in [2.75, 3.05) is 5.32 Å². The van der Waals surface area contributed by atoms with Gasteiger partial charge in [-0.15, -0.1) is 11.3 Å². The van der Waals surface area contributed by atoms with Crippen molar-refractivity contribution >= 4 is 28.9 Å². The maximum absolute atomic E-state index is 12.1. The van der Waals surface area contributed by atoms with Crippen LogP contribution in [0, 0.1) is 0 Å². The Labute approximate surface area is 130 Å². The van der Waals surface area contributed by atoms with Crippen molar-refractivity contribution in [3.05, 3.63) is 35.8 Å². The number of hydrogen-bond acceptors (Lipinski definition) is 5. The molecule has 1 fully saturated rings. The highest BCUT2D eigenvalue weighted by Gasteiger charge is 2.34. The number of hydrogen-bond donors (Lipinski definition) is 2. The highest BCUT2D eigenvalue weighted by Crippen LogP contribution is 2.24. The van der Waals surface area contributed by atoms with Gasteiger partial charge in [0.15, 0.2) is 6.10 Å². The summed E-state index contributed by atoms with van der Waals surface area (Å²) in [6.45, 7) is 0. The molecule has 1 aromatic heterocycles. The van der Waals surface area contributed by atoms with Gasteiger partial charge in [0.1, 0.15) is 11.1 Å². The number of amides is 1. The molecule has 1 saturated heterocycles. The van der Waals surface area contributed by atoms with Crippen LogP contribution >= 0.6 is 11.3 Å². The fourth-order valence-electron chi connectivity index (χ4n) is 2.30. The van der Waals surface area contributed by atoms with E-state index in [4.69, 9.17) is 9.84 Å². The second kappa shape index (κ2) is 6.25. The standard InChI is InChI=1S/C15H14N2O4S/c18-13(11-5-6-12(21-11)15(19)20)17-10-3-1-9(2-4-10)14-16-7-8-22-14/h1-4,7-8,11-12H,5-6H2,(H,17,18)(H,19,20)/t11-,12+/m0/s1. The molecule has 0 bridgehead atoms. The number of aliphatic carboxylic acids is 1. The summed E-state index contributed by atoms with van der Waals surface area (Å²) in [6.07, 6.45) is 0.922. The molecular formula is C15H14N2O4S. The van der Waals surface area contributed by atoms with E-state index in [0.717, 1.165) is 10.6 Å². The number of rotatable bonds is 4. The summed E-state index contributed by atoms with van der Waals surface area (Å²) in [6, 6.07) is 7.34. The number of nitrogens with one attached hydrogen (secondary N) is 1. The minimum atomic E-state index is -1.02. The number of thiazole rings is 1. The third-order valence-electron chi connectivity index (χ3n) is 3.42. The van der Waals surface area contributed by atoms with Gasteiger partial charge in [-0.1, -0.05) is 0 Å². The minimum absolute atomic E-state index is 0.314. The number of benzene rings is 1. The zero-order chi connectivity index (χ0) is 15.5. The average Bonchev–Trinajstić information content (AvgIpc) is 3.20. The second-order valence-corrected chi connectivity index (χ2v) is 5.83. The van der Waals surface area contributed by atoms with Crippen molar-refractivity contribution in [3.63, 3.8) is 0 Å². The van der Waals surface area contributed by atoms with Crippen molar-refractivity contribution in [2.45, 2.75) is 25.0 Å². The summed E-state index contributed by atoms with van der Waals surface area (Å²) in [4.78, 5) is 27.1. The predicted octanol–water partition coefficient (Wildman–Crippen LogP) is 2.38. The van der Waals surface area contributed by atoms with E-state index in [-0.39, 0.29) is 5.91 Å². The van der Waals surface area contributed by atoms with Crippen LogP contribution in [0.25, 0.3) is 10.6 Å². The molecule has 1 aliphatic heterocycles. The first-order chi connectivity index (χ1) is 10.6. The van der Waals surface area contributed by atoms with E-state index in [1.165, 1.54) is 0 Å². The largest absolute Gasteiger partial charge is 0.479 e. The summed E-state index contributed by atoms with van der Waals surface area (Å²) in [5.74, 6) is -1.34. The normalized spacial score (nSPS) is 20.7. The Balaban J connectivity index is 1.61. The third kappa shape index (κ3) is 3.15. The van der Waals surface area contributed by atoms with Gasteiger partial charge in [0.05, 0.1) is 0 Å². The molecule has 22 heavy (non-hydrogen) atoms. The van der Waals surface area contributed by atoms with Gasteiger partial charge in [-0.05, 0) is 37.1 Å². The van der Waals surface area contributed by atoms with Crippen LogP contribution < -0.4 is 5.32 Å². The van der Waals surface area contributed by atoms with Crippen molar-refractivity contribution < 1.29 is 19.4 Å². The van der Waals surface area contributed by atoms with Gasteiger partial charge in [-0.3, -0.25) is 4.79 Å². The number of carboxylic acids is 1. The summed E-state index contributed by atoms with van der Waals surface area (Å²) in [5, 5.41) is 14.4. The quantitative estimate of drug-likeness (QED) is 0.903. The first-order valence-corrected chi connectivity index (χ1v) is 7.70. The molecule has 2 aromatic rings. The van der Waals surface area contributed by atoms with Gasteiger partial charge < -0.3 is 15.2 Å². The van der Waals surface area contributed by atoms with Crippen molar-refractivity contribution in [1.29, 1.82) is 0 Å². The molecule has 114 valence electrons. The number of ether oxygens (including phenoxy) is 1. The predicted molar refractivity (Wildman–Crippen MR) is 81.7 cm³/mol. The summed E-state index contributed by atoms with van der Waals surface area (Å²) < 4.78 is 5.22. The van der Waals surface area contributed by atoms with E-state index in [9.17, 15) is 9.59 Å². The molecule has 0 aliphatic carbocycles. The molecular weight excluding hydrogens is 304 g/mol. The van der Waals surface area contributed by atoms with E-state index < -0.39 is 18.2 Å². The Morgan fingerprint density at radius 3 is 2.55 bits per heavy atom. The Kier molecular flexibility index (Phi) is 4.17. The smallest absolute Gasteiger partial charge is 0.332 e. The summed E-state index contributed by atoms with van der Waals surface area (Å²) >= 11 is 1.55. The number of nitrogens with zero attached hydrogens (tertiary/aromatic N) is 1. The van der Waals surface area contributed by atoms with Crippen molar-refractivity contribution in [3.8, 4) is 10.6 Å². The Bertz CT molecular complexity index is 669. The van der Waals surface area contributed by atoms with Crippen LogP contribution in [-0.2, 0) is 14.3 Å². The maximum atomic E-state index is 12.1. The zero-order valence-electron chi connectivity index (χ0n) is 11.6. The van der Waals surface area contributed by atoms with Gasteiger partial charge in [-0.2, -0.15) is 0 Å². The van der Waals surface area contributed by atoms with Gasteiger partial charge in [0, 0.05) is 22.8 Å². The molecule has 0 unspecified atom stereocenters. The van der Waals surface area contributed by atoms with E-state index in [0.29, 0.717) is 18.5 Å². The number of carboxylic acid groups (broad SMARTS) is 1. The van der Waals surface area contributed by atoms with E-state index in [1.54, 1.807) is 29.7 Å². The molecule has 2 atom stereocenters. The molecule has 1 amide bonds. The molecule has 0 radical (unpaired) electrons. The first-order valence-electron chi connectivity index (χ1n) is 6.82. The van der Waals surface area contributed by atoms with Gasteiger partial charge in [0.2, 0.25) is 0 Å². The third-order valence-corrected chi connectivity index (χ3v) is 4.24. The van der Waals surface area contributed by atoms with Crippen LogP contribution in [0.1, 0.15) is 12.8 Å². The summed E-state index contributed by atoms with van der Waals surface area (Å²) in [7, 11) is 0. The maximum Gasteiger partial charge on any atom is 0.332 e. The van der Waals surface area contributed by atoms with Crippen LogP contribution in [0.3, 0.4) is 0 Å². The fraction of sp³-hybridized carbons (Fsp3) is 0.267. The number of carbonyl (C=O) groups excluding carboxylic acids is 1. The molecule has 0 spiro atoms. The molecule has 2 heterocycles. The molecule has 2 N–H and O–H groups in total. The van der Waals surface area contributed by atoms with Gasteiger partial charge in [-0.25, -0.2) is 9.78 Å². The lowest BCUT2D eigenvalue weighted by Crippen LogP contribution is -2.29. The molecule has 1 aliphatic rings. The topological polar surface area (TPSA) is 88.5 Å². The van der Waals surface area contributed by atoms with Crippen LogP contribution in [0.4, 0.5) is 5.69 Å². The van der Waals surface area contributed by atoms with Crippen molar-refractivity contribution in [2.24, 2.45) is 0 Å².